The second-order valence-corrected chi connectivity index (χ2v) is 5.40. The Balaban J connectivity index is 2.01. The first kappa shape index (κ1) is 16.5. The van der Waals surface area contributed by atoms with E-state index in [-0.39, 0.29) is 6.42 Å². The van der Waals surface area contributed by atoms with E-state index >= 15 is 0 Å². The van der Waals surface area contributed by atoms with Gasteiger partial charge in [-0.1, -0.05) is 42.5 Å². The maximum atomic E-state index is 11.4. The molecule has 2 amide bonds. The Morgan fingerprint density at radius 1 is 0.957 bits per heavy atom. The van der Waals surface area contributed by atoms with E-state index in [0.717, 1.165) is 11.1 Å². The van der Waals surface area contributed by atoms with Crippen molar-refractivity contribution in [1.82, 2.24) is 0 Å². The smallest absolute Gasteiger partial charge is 0.221 e. The molecule has 2 aromatic carbocycles. The highest BCUT2D eigenvalue weighted by Crippen LogP contribution is 2.19. The minimum Gasteiger partial charge on any atom is -0.489 e. The van der Waals surface area contributed by atoms with Crippen molar-refractivity contribution in [2.45, 2.75) is 19.4 Å². The molecule has 0 spiro atoms. The number of hydrogen-bond donors (Lipinski definition) is 2. The zero-order valence-electron chi connectivity index (χ0n) is 12.8. The minimum atomic E-state index is -0.600. The third-order valence-electron chi connectivity index (χ3n) is 3.48. The van der Waals surface area contributed by atoms with Crippen LogP contribution in [-0.4, -0.2) is 11.8 Å². The van der Waals surface area contributed by atoms with Crippen molar-refractivity contribution in [3.05, 3.63) is 65.7 Å². The molecule has 23 heavy (non-hydrogen) atoms. The third-order valence-corrected chi connectivity index (χ3v) is 3.48. The highest BCUT2D eigenvalue weighted by molar-refractivity contribution is 5.84. The van der Waals surface area contributed by atoms with Crippen molar-refractivity contribution >= 4 is 11.8 Å². The predicted molar refractivity (Wildman–Crippen MR) is 87.4 cm³/mol. The summed E-state index contributed by atoms with van der Waals surface area (Å²) in [5.74, 6) is -0.963. The molecule has 5 heteroatoms. The van der Waals surface area contributed by atoms with Gasteiger partial charge in [-0.3, -0.25) is 9.59 Å². The SMILES string of the molecule is NC(=O)C[C@@H](Cc1cccc(OCc2ccccc2)c1)C(N)=O. The lowest BCUT2D eigenvalue weighted by Crippen LogP contribution is -2.29. The fourth-order valence-corrected chi connectivity index (χ4v) is 2.30. The van der Waals surface area contributed by atoms with E-state index in [1.165, 1.54) is 0 Å². The van der Waals surface area contributed by atoms with Crippen LogP contribution in [0.1, 0.15) is 17.5 Å². The van der Waals surface area contributed by atoms with Gasteiger partial charge in [0.05, 0.1) is 5.92 Å². The summed E-state index contributed by atoms with van der Waals surface area (Å²) in [5, 5.41) is 0. The quantitative estimate of drug-likeness (QED) is 0.777. The van der Waals surface area contributed by atoms with Crippen LogP contribution in [0.3, 0.4) is 0 Å². The van der Waals surface area contributed by atoms with E-state index in [9.17, 15) is 9.59 Å². The summed E-state index contributed by atoms with van der Waals surface area (Å²) < 4.78 is 5.75. The Labute approximate surface area is 135 Å². The number of hydrogen-bond acceptors (Lipinski definition) is 3. The lowest BCUT2D eigenvalue weighted by molar-refractivity contribution is -0.126. The van der Waals surface area contributed by atoms with Gasteiger partial charge in [-0.15, -0.1) is 0 Å². The monoisotopic (exact) mass is 312 g/mol. The van der Waals surface area contributed by atoms with Crippen LogP contribution >= 0.6 is 0 Å². The number of primary amides is 2. The molecule has 5 nitrogen and oxygen atoms in total. The standard InChI is InChI=1S/C18H20N2O3/c19-17(21)11-15(18(20)22)9-14-7-4-8-16(10-14)23-12-13-5-2-1-3-6-13/h1-8,10,15H,9,11-12H2,(H2,19,21)(H2,20,22)/t15-/m1/s1. The summed E-state index contributed by atoms with van der Waals surface area (Å²) >= 11 is 0. The van der Waals surface area contributed by atoms with Crippen LogP contribution in [0.25, 0.3) is 0 Å². The Bertz CT molecular complexity index is 671. The molecular formula is C18H20N2O3. The van der Waals surface area contributed by atoms with Crippen molar-refractivity contribution in [2.24, 2.45) is 17.4 Å². The first-order chi connectivity index (χ1) is 11.0. The van der Waals surface area contributed by atoms with Gasteiger partial charge in [0.1, 0.15) is 12.4 Å². The van der Waals surface area contributed by atoms with Gasteiger partial charge in [0.25, 0.3) is 0 Å². The van der Waals surface area contributed by atoms with E-state index in [1.54, 1.807) is 0 Å². The van der Waals surface area contributed by atoms with Crippen LogP contribution in [-0.2, 0) is 22.6 Å². The van der Waals surface area contributed by atoms with Gasteiger partial charge < -0.3 is 16.2 Å². The molecule has 120 valence electrons. The molecule has 0 aromatic heterocycles. The average molecular weight is 312 g/mol. The van der Waals surface area contributed by atoms with Crippen LogP contribution in [0.15, 0.2) is 54.6 Å². The van der Waals surface area contributed by atoms with Gasteiger partial charge in [-0.2, -0.15) is 0 Å². The van der Waals surface area contributed by atoms with E-state index in [2.05, 4.69) is 0 Å². The van der Waals surface area contributed by atoms with Crippen LogP contribution in [0, 0.1) is 5.92 Å². The van der Waals surface area contributed by atoms with Crippen LogP contribution < -0.4 is 16.2 Å². The summed E-state index contributed by atoms with van der Waals surface area (Å²) in [6.07, 6.45) is 0.311. The number of benzene rings is 2. The topological polar surface area (TPSA) is 95.4 Å². The molecule has 4 N–H and O–H groups in total. The number of carbonyl (C=O) groups excluding carboxylic acids is 2. The molecule has 1 atom stereocenters. The van der Waals surface area contributed by atoms with Gasteiger partial charge in [0.2, 0.25) is 11.8 Å². The number of rotatable bonds is 8. The Morgan fingerprint density at radius 2 is 1.65 bits per heavy atom. The molecule has 0 aliphatic rings. The number of nitrogens with two attached hydrogens (primary N) is 2. The van der Waals surface area contributed by atoms with E-state index in [0.29, 0.717) is 18.8 Å². The molecule has 0 aliphatic heterocycles. The summed E-state index contributed by atoms with van der Waals surface area (Å²) in [5.41, 5.74) is 12.4. The molecule has 0 fully saturated rings. The minimum absolute atomic E-state index is 0.0512. The molecule has 0 unspecified atom stereocenters. The predicted octanol–water partition coefficient (Wildman–Crippen LogP) is 1.78. The van der Waals surface area contributed by atoms with Crippen LogP contribution in [0.5, 0.6) is 5.75 Å². The second-order valence-electron chi connectivity index (χ2n) is 5.40. The molecule has 0 radical (unpaired) electrons. The maximum absolute atomic E-state index is 11.4. The fourth-order valence-electron chi connectivity index (χ4n) is 2.30. The Hall–Kier alpha value is -2.82. The molecular weight excluding hydrogens is 292 g/mol. The van der Waals surface area contributed by atoms with E-state index in [1.807, 2.05) is 54.6 Å². The van der Waals surface area contributed by atoms with Gasteiger partial charge in [-0.25, -0.2) is 0 Å². The lowest BCUT2D eigenvalue weighted by atomic mass is 9.95. The normalized spacial score (nSPS) is 11.7. The van der Waals surface area contributed by atoms with Crippen molar-refractivity contribution in [3.63, 3.8) is 0 Å². The number of amides is 2. The largest absolute Gasteiger partial charge is 0.489 e. The zero-order chi connectivity index (χ0) is 16.7. The Morgan fingerprint density at radius 3 is 2.30 bits per heavy atom. The molecule has 0 aliphatic carbocycles. The maximum Gasteiger partial charge on any atom is 0.221 e. The first-order valence-electron chi connectivity index (χ1n) is 7.38. The number of ether oxygens (including phenoxy) is 1. The van der Waals surface area contributed by atoms with Crippen LogP contribution in [0.2, 0.25) is 0 Å². The van der Waals surface area contributed by atoms with Crippen molar-refractivity contribution in [3.8, 4) is 5.75 Å². The Kier molecular flexibility index (Phi) is 5.74. The first-order valence-corrected chi connectivity index (χ1v) is 7.38. The van der Waals surface area contributed by atoms with Crippen molar-refractivity contribution in [1.29, 1.82) is 0 Å². The molecule has 0 saturated carbocycles. The molecule has 0 bridgehead atoms. The molecule has 0 saturated heterocycles. The van der Waals surface area contributed by atoms with Gasteiger partial charge in [-0.05, 0) is 29.7 Å². The summed E-state index contributed by atoms with van der Waals surface area (Å²) in [6, 6.07) is 17.2. The number of carbonyl (C=O) groups is 2. The summed E-state index contributed by atoms with van der Waals surface area (Å²) in [4.78, 5) is 22.4. The van der Waals surface area contributed by atoms with Gasteiger partial charge >= 0.3 is 0 Å². The lowest BCUT2D eigenvalue weighted by Gasteiger charge is -2.13. The van der Waals surface area contributed by atoms with Crippen LogP contribution in [0.4, 0.5) is 0 Å². The van der Waals surface area contributed by atoms with Gasteiger partial charge in [0.15, 0.2) is 0 Å². The zero-order valence-corrected chi connectivity index (χ0v) is 12.8. The van der Waals surface area contributed by atoms with Crippen molar-refractivity contribution < 1.29 is 14.3 Å². The third kappa shape index (κ3) is 5.47. The van der Waals surface area contributed by atoms with Crippen molar-refractivity contribution in [2.75, 3.05) is 0 Å². The summed E-state index contributed by atoms with van der Waals surface area (Å²) in [7, 11) is 0. The van der Waals surface area contributed by atoms with E-state index < -0.39 is 17.7 Å². The second kappa shape index (κ2) is 7.98. The average Bonchev–Trinajstić information content (AvgIpc) is 2.53. The van der Waals surface area contributed by atoms with Gasteiger partial charge in [0, 0.05) is 6.42 Å². The highest BCUT2D eigenvalue weighted by atomic mass is 16.5. The molecule has 2 aromatic rings. The molecule has 2 rings (SSSR count). The summed E-state index contributed by atoms with van der Waals surface area (Å²) in [6.45, 7) is 0.463. The van der Waals surface area contributed by atoms with E-state index in [4.69, 9.17) is 16.2 Å². The fraction of sp³-hybridized carbons (Fsp3) is 0.222. The molecule has 0 heterocycles. The highest BCUT2D eigenvalue weighted by Gasteiger charge is 2.18.